The molecule has 0 aliphatic heterocycles. The van der Waals surface area contributed by atoms with E-state index in [-0.39, 0.29) is 12.2 Å². The number of rotatable bonds is 8. The molecule has 0 heterocycles. The van der Waals surface area contributed by atoms with E-state index in [1.165, 1.54) is 6.07 Å². The number of aliphatic hydroxyl groups excluding tert-OH is 1. The van der Waals surface area contributed by atoms with Crippen LogP contribution in [0.25, 0.3) is 0 Å². The van der Waals surface area contributed by atoms with Crippen LogP contribution in [0.1, 0.15) is 16.8 Å². The summed E-state index contributed by atoms with van der Waals surface area (Å²) in [5.41, 5.74) is 0.188. The number of carboxylic acids is 1. The molecule has 1 aromatic carbocycles. The molecule has 0 aliphatic carbocycles. The third kappa shape index (κ3) is 5.10. The Kier molecular flexibility index (Phi) is 6.50. The van der Waals surface area contributed by atoms with E-state index >= 15 is 0 Å². The molecule has 0 atom stereocenters. The van der Waals surface area contributed by atoms with E-state index in [2.05, 4.69) is 0 Å². The van der Waals surface area contributed by atoms with Gasteiger partial charge in [0.1, 0.15) is 11.3 Å². The zero-order valence-corrected chi connectivity index (χ0v) is 10.3. The number of aromatic carboxylic acids is 1. The Morgan fingerprint density at radius 3 is 2.76 bits per heavy atom. The Morgan fingerprint density at radius 1 is 1.29 bits per heavy atom. The van der Waals surface area contributed by atoms with Crippen molar-refractivity contribution in [2.24, 2.45) is 0 Å². The molecule has 1 rings (SSSR count). The standard InChI is InChI=1S/C12H16O4S/c13-6-3-8-17-9-7-16-11-5-2-1-4-10(11)12(14)15/h1-2,4-5,13H,3,6-9H2,(H,14,15). The highest BCUT2D eigenvalue weighted by Gasteiger charge is 2.09. The van der Waals surface area contributed by atoms with Gasteiger partial charge in [0.2, 0.25) is 0 Å². The average molecular weight is 256 g/mol. The minimum atomic E-state index is -0.978. The van der Waals surface area contributed by atoms with E-state index in [4.69, 9.17) is 14.9 Å². The second kappa shape index (κ2) is 7.97. The predicted octanol–water partition coefficient (Wildman–Crippen LogP) is 1.88. The fourth-order valence-corrected chi connectivity index (χ4v) is 1.99. The Hall–Kier alpha value is -1.20. The lowest BCUT2D eigenvalue weighted by atomic mass is 10.2. The summed E-state index contributed by atoms with van der Waals surface area (Å²) >= 11 is 1.68. The van der Waals surface area contributed by atoms with Crippen LogP contribution >= 0.6 is 11.8 Å². The topological polar surface area (TPSA) is 66.8 Å². The normalized spacial score (nSPS) is 10.2. The predicted molar refractivity (Wildman–Crippen MR) is 67.9 cm³/mol. The number of aliphatic hydroxyl groups is 1. The molecule has 0 saturated carbocycles. The molecule has 2 N–H and O–H groups in total. The van der Waals surface area contributed by atoms with Crippen LogP contribution in [-0.2, 0) is 0 Å². The quantitative estimate of drug-likeness (QED) is 0.695. The third-order valence-corrected chi connectivity index (χ3v) is 3.08. The number of hydrogen-bond acceptors (Lipinski definition) is 4. The summed E-state index contributed by atoms with van der Waals surface area (Å²) in [7, 11) is 0. The molecule has 0 radical (unpaired) electrons. The van der Waals surface area contributed by atoms with Gasteiger partial charge in [0, 0.05) is 12.4 Å². The van der Waals surface area contributed by atoms with Crippen molar-refractivity contribution in [1.29, 1.82) is 0 Å². The van der Waals surface area contributed by atoms with Gasteiger partial charge in [-0.1, -0.05) is 12.1 Å². The molecule has 0 amide bonds. The van der Waals surface area contributed by atoms with Gasteiger partial charge >= 0.3 is 5.97 Å². The first kappa shape index (κ1) is 13.9. The van der Waals surface area contributed by atoms with Crippen LogP contribution in [0.5, 0.6) is 5.75 Å². The van der Waals surface area contributed by atoms with Gasteiger partial charge in [-0.3, -0.25) is 0 Å². The Bertz CT molecular complexity index is 354. The second-order valence-corrected chi connectivity index (χ2v) is 4.56. The molecule has 0 saturated heterocycles. The molecule has 17 heavy (non-hydrogen) atoms. The lowest BCUT2D eigenvalue weighted by Gasteiger charge is -2.08. The summed E-state index contributed by atoms with van der Waals surface area (Å²) in [6.07, 6.45) is 0.774. The fourth-order valence-electron chi connectivity index (χ4n) is 1.25. The van der Waals surface area contributed by atoms with Crippen molar-refractivity contribution in [2.45, 2.75) is 6.42 Å². The zero-order valence-electron chi connectivity index (χ0n) is 9.46. The first-order chi connectivity index (χ1) is 8.25. The minimum absolute atomic E-state index is 0.188. The van der Waals surface area contributed by atoms with Gasteiger partial charge in [-0.15, -0.1) is 0 Å². The highest BCUT2D eigenvalue weighted by molar-refractivity contribution is 7.99. The number of carboxylic acid groups (broad SMARTS) is 1. The van der Waals surface area contributed by atoms with Gasteiger partial charge in [0.05, 0.1) is 6.61 Å². The van der Waals surface area contributed by atoms with Crippen LogP contribution in [0, 0.1) is 0 Å². The monoisotopic (exact) mass is 256 g/mol. The van der Waals surface area contributed by atoms with Crippen LogP contribution in [0.4, 0.5) is 0 Å². The molecule has 0 spiro atoms. The van der Waals surface area contributed by atoms with Crippen molar-refractivity contribution in [3.8, 4) is 5.75 Å². The van der Waals surface area contributed by atoms with E-state index in [9.17, 15) is 4.79 Å². The molecule has 4 nitrogen and oxygen atoms in total. The van der Waals surface area contributed by atoms with Crippen LogP contribution in [-0.4, -0.2) is 40.9 Å². The maximum atomic E-state index is 10.9. The summed E-state index contributed by atoms with van der Waals surface area (Å²) in [5.74, 6) is 1.10. The SMILES string of the molecule is O=C(O)c1ccccc1OCCSCCCO. The van der Waals surface area contributed by atoms with Crippen molar-refractivity contribution in [2.75, 3.05) is 24.7 Å². The summed E-state index contributed by atoms with van der Waals surface area (Å²) in [5, 5.41) is 17.5. The second-order valence-electron chi connectivity index (χ2n) is 3.34. The molecule has 0 bridgehead atoms. The smallest absolute Gasteiger partial charge is 0.339 e. The largest absolute Gasteiger partial charge is 0.492 e. The number of para-hydroxylation sites is 1. The molecular weight excluding hydrogens is 240 g/mol. The summed E-state index contributed by atoms with van der Waals surface area (Å²) in [6, 6.07) is 6.60. The number of carbonyl (C=O) groups is 1. The molecular formula is C12H16O4S. The Balaban J connectivity index is 2.34. The molecule has 0 aromatic heterocycles. The number of thioether (sulfide) groups is 1. The highest BCUT2D eigenvalue weighted by Crippen LogP contribution is 2.18. The summed E-state index contributed by atoms with van der Waals surface area (Å²) in [6.45, 7) is 0.677. The van der Waals surface area contributed by atoms with Crippen molar-refractivity contribution in [3.63, 3.8) is 0 Å². The van der Waals surface area contributed by atoms with Gasteiger partial charge in [0.15, 0.2) is 0 Å². The third-order valence-electron chi connectivity index (χ3n) is 2.05. The lowest BCUT2D eigenvalue weighted by Crippen LogP contribution is -2.06. The van der Waals surface area contributed by atoms with Crippen molar-refractivity contribution in [1.82, 2.24) is 0 Å². The van der Waals surface area contributed by atoms with Crippen LogP contribution in [0.3, 0.4) is 0 Å². The molecule has 1 aromatic rings. The fraction of sp³-hybridized carbons (Fsp3) is 0.417. The van der Waals surface area contributed by atoms with Gasteiger partial charge in [-0.2, -0.15) is 11.8 Å². The number of benzene rings is 1. The highest BCUT2D eigenvalue weighted by atomic mass is 32.2. The maximum absolute atomic E-state index is 10.9. The lowest BCUT2D eigenvalue weighted by molar-refractivity contribution is 0.0692. The maximum Gasteiger partial charge on any atom is 0.339 e. The molecule has 0 fully saturated rings. The van der Waals surface area contributed by atoms with Crippen LogP contribution < -0.4 is 4.74 Å². The van der Waals surface area contributed by atoms with Gasteiger partial charge < -0.3 is 14.9 Å². The average Bonchev–Trinajstić information content (AvgIpc) is 2.34. The van der Waals surface area contributed by atoms with E-state index in [0.29, 0.717) is 12.4 Å². The van der Waals surface area contributed by atoms with Crippen molar-refractivity contribution >= 4 is 17.7 Å². The first-order valence-corrected chi connectivity index (χ1v) is 6.55. The number of hydrogen-bond donors (Lipinski definition) is 2. The molecule has 0 aliphatic rings. The van der Waals surface area contributed by atoms with E-state index in [1.54, 1.807) is 30.0 Å². The van der Waals surface area contributed by atoms with Crippen LogP contribution in [0.2, 0.25) is 0 Å². The van der Waals surface area contributed by atoms with E-state index in [0.717, 1.165) is 17.9 Å². The first-order valence-electron chi connectivity index (χ1n) is 5.39. The number of ether oxygens (including phenoxy) is 1. The Labute approximate surface area is 105 Å². The van der Waals surface area contributed by atoms with Gasteiger partial charge in [-0.25, -0.2) is 4.79 Å². The zero-order chi connectivity index (χ0) is 12.5. The Morgan fingerprint density at radius 2 is 2.06 bits per heavy atom. The van der Waals surface area contributed by atoms with Crippen molar-refractivity contribution in [3.05, 3.63) is 29.8 Å². The molecule has 94 valence electrons. The van der Waals surface area contributed by atoms with Crippen LogP contribution in [0.15, 0.2) is 24.3 Å². The van der Waals surface area contributed by atoms with Crippen molar-refractivity contribution < 1.29 is 19.7 Å². The van der Waals surface area contributed by atoms with Gasteiger partial charge in [-0.05, 0) is 24.3 Å². The van der Waals surface area contributed by atoms with E-state index < -0.39 is 5.97 Å². The summed E-state index contributed by atoms with van der Waals surface area (Å²) in [4.78, 5) is 10.9. The molecule has 5 heteroatoms. The molecule has 0 unspecified atom stereocenters. The van der Waals surface area contributed by atoms with Gasteiger partial charge in [0.25, 0.3) is 0 Å². The van der Waals surface area contributed by atoms with E-state index in [1.807, 2.05) is 0 Å². The minimum Gasteiger partial charge on any atom is -0.492 e. The summed E-state index contributed by atoms with van der Waals surface area (Å²) < 4.78 is 5.41.